The first kappa shape index (κ1) is 14.7. The highest BCUT2D eigenvalue weighted by Gasteiger charge is 2.33. The number of fused-ring (bicyclic) bond motifs is 1. The van der Waals surface area contributed by atoms with Gasteiger partial charge in [-0.25, -0.2) is 8.78 Å². The van der Waals surface area contributed by atoms with Gasteiger partial charge in [-0.3, -0.25) is 0 Å². The minimum atomic E-state index is -0.497. The third-order valence-electron chi connectivity index (χ3n) is 4.31. The van der Waals surface area contributed by atoms with Crippen molar-refractivity contribution in [3.63, 3.8) is 0 Å². The molecule has 1 nitrogen and oxygen atoms in total. The van der Waals surface area contributed by atoms with Gasteiger partial charge in [0.2, 0.25) is 0 Å². The van der Waals surface area contributed by atoms with E-state index in [0.29, 0.717) is 16.8 Å². The third-order valence-corrected chi connectivity index (χ3v) is 4.93. The highest BCUT2D eigenvalue weighted by Crippen LogP contribution is 2.38. The van der Waals surface area contributed by atoms with Gasteiger partial charge in [-0.1, -0.05) is 24.3 Å². The van der Waals surface area contributed by atoms with E-state index in [2.05, 4.69) is 33.4 Å². The van der Waals surface area contributed by atoms with Crippen LogP contribution in [-0.4, -0.2) is 13.1 Å². The van der Waals surface area contributed by atoms with Crippen molar-refractivity contribution in [1.82, 2.24) is 5.32 Å². The lowest BCUT2D eigenvalue weighted by atomic mass is 9.72. The number of hydrogen-bond acceptors (Lipinski definition) is 1. The van der Waals surface area contributed by atoms with Gasteiger partial charge in [-0.2, -0.15) is 0 Å². The number of hydrogen-bond donors (Lipinski definition) is 1. The lowest BCUT2D eigenvalue weighted by molar-refractivity contribution is 0.409. The first-order chi connectivity index (χ1) is 10.1. The second kappa shape index (κ2) is 5.85. The van der Waals surface area contributed by atoms with Gasteiger partial charge in [0.15, 0.2) is 0 Å². The smallest absolute Gasteiger partial charge is 0.143 e. The van der Waals surface area contributed by atoms with E-state index >= 15 is 0 Å². The molecule has 1 aliphatic carbocycles. The van der Waals surface area contributed by atoms with Crippen LogP contribution in [0.2, 0.25) is 0 Å². The van der Waals surface area contributed by atoms with Crippen LogP contribution < -0.4 is 5.32 Å². The summed E-state index contributed by atoms with van der Waals surface area (Å²) in [7, 11) is 1.85. The van der Waals surface area contributed by atoms with E-state index in [1.54, 1.807) is 0 Å². The standard InChI is InChI=1S/C17H16BrF2N/c1-21-16(12-8-10-4-2-3-5-11(10)12)9-13-15(19)7-6-14(18)17(13)20/h2-7,12,16,21H,8-9H2,1H3. The highest BCUT2D eigenvalue weighted by atomic mass is 79.9. The van der Waals surface area contributed by atoms with E-state index < -0.39 is 11.6 Å². The summed E-state index contributed by atoms with van der Waals surface area (Å²) in [5.41, 5.74) is 2.76. The summed E-state index contributed by atoms with van der Waals surface area (Å²) in [5.74, 6) is -0.671. The molecule has 0 radical (unpaired) electrons. The molecule has 1 aliphatic rings. The first-order valence-electron chi connectivity index (χ1n) is 6.99. The van der Waals surface area contributed by atoms with Gasteiger partial charge in [0.25, 0.3) is 0 Å². The SMILES string of the molecule is CNC(Cc1c(F)ccc(Br)c1F)C1Cc2ccccc21. The van der Waals surface area contributed by atoms with Gasteiger partial charge >= 0.3 is 0 Å². The summed E-state index contributed by atoms with van der Waals surface area (Å²) in [6, 6.07) is 11.0. The van der Waals surface area contributed by atoms with E-state index in [1.165, 1.54) is 23.3 Å². The molecule has 0 fully saturated rings. The van der Waals surface area contributed by atoms with Crippen LogP contribution in [0.3, 0.4) is 0 Å². The van der Waals surface area contributed by atoms with E-state index in [0.717, 1.165) is 6.42 Å². The van der Waals surface area contributed by atoms with Crippen LogP contribution in [0.4, 0.5) is 8.78 Å². The van der Waals surface area contributed by atoms with Gasteiger partial charge in [-0.05, 0) is 59.1 Å². The van der Waals surface area contributed by atoms with E-state index in [9.17, 15) is 8.78 Å². The predicted molar refractivity (Wildman–Crippen MR) is 83.5 cm³/mol. The Hall–Kier alpha value is -1.26. The fraction of sp³-hybridized carbons (Fsp3) is 0.294. The number of halogens is 3. The summed E-state index contributed by atoms with van der Waals surface area (Å²) in [5, 5.41) is 3.22. The number of benzene rings is 2. The molecule has 0 saturated carbocycles. The van der Waals surface area contributed by atoms with Crippen molar-refractivity contribution in [3.8, 4) is 0 Å². The van der Waals surface area contributed by atoms with Crippen molar-refractivity contribution in [2.24, 2.45) is 0 Å². The van der Waals surface area contributed by atoms with Gasteiger partial charge < -0.3 is 5.32 Å². The second-order valence-electron chi connectivity index (χ2n) is 5.43. The zero-order chi connectivity index (χ0) is 15.0. The molecule has 0 amide bonds. The molecule has 2 aromatic carbocycles. The molecule has 0 saturated heterocycles. The van der Waals surface area contributed by atoms with Gasteiger partial charge in [0.05, 0.1) is 4.47 Å². The monoisotopic (exact) mass is 351 g/mol. The summed E-state index contributed by atoms with van der Waals surface area (Å²) < 4.78 is 28.4. The Morgan fingerprint density at radius 2 is 2.00 bits per heavy atom. The topological polar surface area (TPSA) is 12.0 Å². The molecule has 2 atom stereocenters. The van der Waals surface area contributed by atoms with Gasteiger partial charge in [0.1, 0.15) is 11.6 Å². The molecule has 4 heteroatoms. The molecule has 110 valence electrons. The number of nitrogens with one attached hydrogen (secondary N) is 1. The van der Waals surface area contributed by atoms with E-state index in [-0.39, 0.29) is 11.6 Å². The first-order valence-corrected chi connectivity index (χ1v) is 7.78. The zero-order valence-electron chi connectivity index (χ0n) is 11.7. The zero-order valence-corrected chi connectivity index (χ0v) is 13.3. The van der Waals surface area contributed by atoms with Crippen molar-refractivity contribution in [2.75, 3.05) is 7.05 Å². The maximum absolute atomic E-state index is 14.1. The van der Waals surface area contributed by atoms with Crippen LogP contribution in [0, 0.1) is 11.6 Å². The van der Waals surface area contributed by atoms with Crippen molar-refractivity contribution in [1.29, 1.82) is 0 Å². The highest BCUT2D eigenvalue weighted by molar-refractivity contribution is 9.10. The number of rotatable bonds is 4. The fourth-order valence-electron chi connectivity index (χ4n) is 3.08. The Bertz CT molecular complexity index is 672. The quantitative estimate of drug-likeness (QED) is 0.814. The summed E-state index contributed by atoms with van der Waals surface area (Å²) in [6.07, 6.45) is 1.30. The van der Waals surface area contributed by atoms with Crippen molar-refractivity contribution < 1.29 is 8.78 Å². The summed E-state index contributed by atoms with van der Waals surface area (Å²) >= 11 is 3.12. The lowest BCUT2D eigenvalue weighted by Gasteiger charge is -2.36. The molecule has 1 N–H and O–H groups in total. The average Bonchev–Trinajstić information content (AvgIpc) is 2.47. The fourth-order valence-corrected chi connectivity index (χ4v) is 3.45. The van der Waals surface area contributed by atoms with Crippen LogP contribution >= 0.6 is 15.9 Å². The normalized spacial score (nSPS) is 18.0. The Morgan fingerprint density at radius 1 is 1.24 bits per heavy atom. The van der Waals surface area contributed by atoms with Crippen LogP contribution in [0.1, 0.15) is 22.6 Å². The lowest BCUT2D eigenvalue weighted by Crippen LogP contribution is -2.40. The van der Waals surface area contributed by atoms with Crippen LogP contribution in [-0.2, 0) is 12.8 Å². The Labute approximate surface area is 131 Å². The molecule has 2 unspecified atom stereocenters. The summed E-state index contributed by atoms with van der Waals surface area (Å²) in [6.45, 7) is 0. The molecule has 0 bridgehead atoms. The van der Waals surface area contributed by atoms with Crippen LogP contribution in [0.15, 0.2) is 40.9 Å². The molecule has 0 aromatic heterocycles. The predicted octanol–water partition coefficient (Wildman–Crippen LogP) is 4.20. The Kier molecular flexibility index (Phi) is 4.09. The van der Waals surface area contributed by atoms with Gasteiger partial charge in [0, 0.05) is 17.5 Å². The molecule has 0 heterocycles. The Morgan fingerprint density at radius 3 is 2.71 bits per heavy atom. The van der Waals surface area contributed by atoms with Crippen LogP contribution in [0.5, 0.6) is 0 Å². The third kappa shape index (κ3) is 2.62. The van der Waals surface area contributed by atoms with E-state index in [4.69, 9.17) is 0 Å². The second-order valence-corrected chi connectivity index (χ2v) is 6.28. The minimum Gasteiger partial charge on any atom is -0.316 e. The maximum atomic E-state index is 14.1. The number of likely N-dealkylation sites (N-methyl/N-ethyl adjacent to an activating group) is 1. The minimum absolute atomic E-state index is 0.0261. The van der Waals surface area contributed by atoms with Crippen LogP contribution in [0.25, 0.3) is 0 Å². The van der Waals surface area contributed by atoms with Crippen molar-refractivity contribution in [2.45, 2.75) is 24.8 Å². The molecular weight excluding hydrogens is 336 g/mol. The maximum Gasteiger partial charge on any atom is 0.143 e. The van der Waals surface area contributed by atoms with Crippen molar-refractivity contribution >= 4 is 15.9 Å². The molecule has 0 spiro atoms. The van der Waals surface area contributed by atoms with Gasteiger partial charge in [-0.15, -0.1) is 0 Å². The largest absolute Gasteiger partial charge is 0.316 e. The van der Waals surface area contributed by atoms with E-state index in [1.807, 2.05) is 19.2 Å². The molecule has 0 aliphatic heterocycles. The molecular formula is C17H16BrF2N. The molecule has 21 heavy (non-hydrogen) atoms. The molecule has 3 rings (SSSR count). The Balaban J connectivity index is 1.86. The molecule has 2 aromatic rings. The summed E-state index contributed by atoms with van der Waals surface area (Å²) in [4.78, 5) is 0. The average molecular weight is 352 g/mol. The van der Waals surface area contributed by atoms with Crippen molar-refractivity contribution in [3.05, 3.63) is 69.2 Å².